The molecule has 0 atom stereocenters. The Balaban J connectivity index is 0.00000253. The molecule has 2 aromatic carbocycles. The van der Waals surface area contributed by atoms with Crippen molar-refractivity contribution in [1.82, 2.24) is 9.88 Å². The molecule has 1 fully saturated rings. The first-order chi connectivity index (χ1) is 17.3. The number of benzene rings is 2. The van der Waals surface area contributed by atoms with Crippen LogP contribution < -0.4 is 14.4 Å². The highest BCUT2D eigenvalue weighted by atomic mass is 35.5. The molecule has 3 aromatic rings. The van der Waals surface area contributed by atoms with Crippen molar-refractivity contribution in [1.29, 1.82) is 5.26 Å². The van der Waals surface area contributed by atoms with E-state index in [9.17, 15) is 18.3 Å². The largest absolute Gasteiger partial charge is 0.494 e. The number of ether oxygens (including phenoxy) is 1. The molecule has 0 bridgehead atoms. The molecule has 39 heavy (non-hydrogen) atoms. The Labute approximate surface area is 246 Å². The molecule has 0 spiro atoms. The number of halogens is 3. The predicted octanol–water partition coefficient (Wildman–Crippen LogP) is 4.43. The summed E-state index contributed by atoms with van der Waals surface area (Å²) in [6.07, 6.45) is 0.474. The highest BCUT2D eigenvalue weighted by Gasteiger charge is 2.21. The highest BCUT2D eigenvalue weighted by molar-refractivity contribution is 7.92. The monoisotopic (exact) mass is 617 g/mol. The number of hydrogen-bond acceptors (Lipinski definition) is 8. The van der Waals surface area contributed by atoms with Gasteiger partial charge in [0.1, 0.15) is 11.6 Å². The first-order valence-corrected chi connectivity index (χ1v) is 13.1. The Hall–Kier alpha value is -3.01. The van der Waals surface area contributed by atoms with Gasteiger partial charge in [-0.3, -0.25) is 9.62 Å². The zero-order valence-electron chi connectivity index (χ0n) is 21.1. The number of aromatic nitrogens is 1. The van der Waals surface area contributed by atoms with Gasteiger partial charge in [0.15, 0.2) is 0 Å². The fourth-order valence-corrected chi connectivity index (χ4v) is 5.17. The van der Waals surface area contributed by atoms with E-state index in [0.29, 0.717) is 55.1 Å². The number of pyridine rings is 1. The molecular formula is C25H30Cl3N5O5S. The molecule has 14 heteroatoms. The average molecular weight is 619 g/mol. The minimum Gasteiger partial charge on any atom is -0.494 e. The number of rotatable bonds is 9. The molecule has 1 aromatic heterocycles. The van der Waals surface area contributed by atoms with Gasteiger partial charge in [0, 0.05) is 50.2 Å². The molecule has 0 unspecified atom stereocenters. The second-order valence-corrected chi connectivity index (χ2v) is 9.99. The third-order valence-corrected chi connectivity index (χ3v) is 7.36. The van der Waals surface area contributed by atoms with Crippen LogP contribution >= 0.6 is 37.2 Å². The van der Waals surface area contributed by atoms with E-state index in [4.69, 9.17) is 10.00 Å². The Bertz CT molecular complexity index is 1410. The van der Waals surface area contributed by atoms with Gasteiger partial charge in [0.05, 0.1) is 28.7 Å². The van der Waals surface area contributed by atoms with Crippen molar-refractivity contribution in [3.8, 4) is 11.8 Å². The maximum Gasteiger partial charge on any atom is 0.336 e. The summed E-state index contributed by atoms with van der Waals surface area (Å²) >= 11 is 0. The smallest absolute Gasteiger partial charge is 0.336 e. The standard InChI is InChI=1S/C25H27N5O5S.3ClH/c1-2-35-19-5-7-20(8-6-19)36(33,34)28-18-4-9-23-21(16-18)22(25(31)32)17-24(27-23)30-14-12-29(13-15-30)11-3-10-26;;;/h4-9,16-17,28H,2-3,11-15H2,1H3,(H,31,32);3*1H. The molecule has 2 N–H and O–H groups in total. The number of nitriles is 1. The summed E-state index contributed by atoms with van der Waals surface area (Å²) in [7, 11) is -3.89. The molecule has 4 rings (SSSR count). The minimum atomic E-state index is -3.89. The number of carboxylic acids is 1. The number of hydrogen-bond donors (Lipinski definition) is 2. The van der Waals surface area contributed by atoms with Crippen LogP contribution in [0.1, 0.15) is 23.7 Å². The Morgan fingerprint density at radius 2 is 1.74 bits per heavy atom. The van der Waals surface area contributed by atoms with E-state index in [2.05, 4.69) is 20.7 Å². The third-order valence-electron chi connectivity index (χ3n) is 5.96. The summed E-state index contributed by atoms with van der Waals surface area (Å²) in [6, 6.07) is 14.4. The number of nitrogens with zero attached hydrogens (tertiary/aromatic N) is 4. The third kappa shape index (κ3) is 8.24. The van der Waals surface area contributed by atoms with Crippen LogP contribution in [0, 0.1) is 11.3 Å². The van der Waals surface area contributed by atoms with Gasteiger partial charge in [0.25, 0.3) is 10.0 Å². The quantitative estimate of drug-likeness (QED) is 0.357. The zero-order chi connectivity index (χ0) is 25.7. The van der Waals surface area contributed by atoms with Gasteiger partial charge in [-0.05, 0) is 55.5 Å². The summed E-state index contributed by atoms with van der Waals surface area (Å²) in [5.74, 6) is 0.00379. The van der Waals surface area contributed by atoms with Crippen LogP contribution in [0.5, 0.6) is 5.75 Å². The Morgan fingerprint density at radius 1 is 1.08 bits per heavy atom. The maximum absolute atomic E-state index is 12.9. The molecule has 0 saturated carbocycles. The summed E-state index contributed by atoms with van der Waals surface area (Å²) in [6.45, 7) is 5.89. The molecule has 0 radical (unpaired) electrons. The van der Waals surface area contributed by atoms with E-state index in [1.807, 2.05) is 11.8 Å². The van der Waals surface area contributed by atoms with Crippen molar-refractivity contribution >= 4 is 75.6 Å². The molecule has 1 aliphatic heterocycles. The number of piperazine rings is 1. The van der Waals surface area contributed by atoms with Crippen molar-refractivity contribution in [2.45, 2.75) is 18.2 Å². The van der Waals surface area contributed by atoms with E-state index in [1.54, 1.807) is 24.3 Å². The zero-order valence-corrected chi connectivity index (χ0v) is 24.3. The van der Waals surface area contributed by atoms with E-state index >= 15 is 0 Å². The van der Waals surface area contributed by atoms with Crippen LogP contribution in [-0.2, 0) is 10.0 Å². The lowest BCUT2D eigenvalue weighted by molar-refractivity contribution is 0.0699. The molecule has 10 nitrogen and oxygen atoms in total. The number of fused-ring (bicyclic) bond motifs is 1. The number of aromatic carboxylic acids is 1. The molecule has 0 aliphatic carbocycles. The Morgan fingerprint density at radius 3 is 2.33 bits per heavy atom. The van der Waals surface area contributed by atoms with E-state index in [1.165, 1.54) is 24.3 Å². The lowest BCUT2D eigenvalue weighted by Crippen LogP contribution is -2.46. The summed E-state index contributed by atoms with van der Waals surface area (Å²) in [5, 5.41) is 19.0. The van der Waals surface area contributed by atoms with Crippen LogP contribution in [0.3, 0.4) is 0 Å². The van der Waals surface area contributed by atoms with Crippen molar-refractivity contribution in [3.63, 3.8) is 0 Å². The fraction of sp³-hybridized carbons (Fsp3) is 0.320. The number of carboxylic acid groups (broad SMARTS) is 1. The summed E-state index contributed by atoms with van der Waals surface area (Å²) in [5.41, 5.74) is 0.740. The van der Waals surface area contributed by atoms with Gasteiger partial charge in [-0.25, -0.2) is 18.2 Å². The highest BCUT2D eigenvalue weighted by Crippen LogP contribution is 2.28. The topological polar surface area (TPSA) is 136 Å². The Kier molecular flexibility index (Phi) is 13.0. The van der Waals surface area contributed by atoms with Crippen molar-refractivity contribution in [2.24, 2.45) is 0 Å². The number of anilines is 2. The van der Waals surface area contributed by atoms with Crippen LogP contribution in [-0.4, -0.2) is 68.7 Å². The van der Waals surface area contributed by atoms with E-state index < -0.39 is 16.0 Å². The van der Waals surface area contributed by atoms with Crippen LogP contribution in [0.4, 0.5) is 11.5 Å². The number of carbonyl (C=O) groups is 1. The van der Waals surface area contributed by atoms with Crippen LogP contribution in [0.25, 0.3) is 10.9 Å². The van der Waals surface area contributed by atoms with Crippen LogP contribution in [0.2, 0.25) is 0 Å². The second kappa shape index (κ2) is 15.0. The number of sulfonamides is 1. The lowest BCUT2D eigenvalue weighted by atomic mass is 10.1. The summed E-state index contributed by atoms with van der Waals surface area (Å²) in [4.78, 5) is 21.0. The van der Waals surface area contributed by atoms with Gasteiger partial charge in [-0.15, -0.1) is 37.2 Å². The maximum atomic E-state index is 12.9. The number of nitrogens with one attached hydrogen (secondary N) is 1. The van der Waals surface area contributed by atoms with Crippen molar-refractivity contribution < 1.29 is 23.1 Å². The second-order valence-electron chi connectivity index (χ2n) is 8.31. The molecule has 1 aliphatic rings. The van der Waals surface area contributed by atoms with Crippen LogP contribution in [0.15, 0.2) is 53.4 Å². The van der Waals surface area contributed by atoms with E-state index in [0.717, 1.165) is 13.1 Å². The lowest BCUT2D eigenvalue weighted by Gasteiger charge is -2.35. The molecular weight excluding hydrogens is 589 g/mol. The SMILES string of the molecule is CCOc1ccc(S(=O)(=O)Nc2ccc3nc(N4CCN(CCC#N)CC4)cc(C(=O)O)c3c2)cc1.Cl.Cl.Cl. The van der Waals surface area contributed by atoms with Gasteiger partial charge in [0.2, 0.25) is 0 Å². The summed E-state index contributed by atoms with van der Waals surface area (Å²) < 4.78 is 33.6. The molecule has 2 heterocycles. The molecule has 1 saturated heterocycles. The van der Waals surface area contributed by atoms with Crippen molar-refractivity contribution in [3.05, 3.63) is 54.1 Å². The molecule has 212 valence electrons. The van der Waals surface area contributed by atoms with Crippen molar-refractivity contribution in [2.75, 3.05) is 49.0 Å². The minimum absolute atomic E-state index is 0. The first kappa shape index (κ1) is 34.0. The first-order valence-electron chi connectivity index (χ1n) is 11.6. The van der Waals surface area contributed by atoms with Gasteiger partial charge in [-0.1, -0.05) is 0 Å². The normalized spacial score (nSPS) is 13.3. The van der Waals surface area contributed by atoms with Gasteiger partial charge < -0.3 is 14.7 Å². The fourth-order valence-electron chi connectivity index (χ4n) is 4.12. The van der Waals surface area contributed by atoms with Gasteiger partial charge >= 0.3 is 5.97 Å². The van der Waals surface area contributed by atoms with E-state index in [-0.39, 0.29) is 53.4 Å². The van der Waals surface area contributed by atoms with Gasteiger partial charge in [-0.2, -0.15) is 5.26 Å². The average Bonchev–Trinajstić information content (AvgIpc) is 2.87. The predicted molar refractivity (Wildman–Crippen MR) is 158 cm³/mol. The molecule has 0 amide bonds.